The van der Waals surface area contributed by atoms with E-state index in [1.807, 2.05) is 24.3 Å². The van der Waals surface area contributed by atoms with Crippen LogP contribution in [0, 0.1) is 0 Å². The summed E-state index contributed by atoms with van der Waals surface area (Å²) in [4.78, 5) is 1.42. The number of hydrogen-bond acceptors (Lipinski definition) is 3. The van der Waals surface area contributed by atoms with Gasteiger partial charge in [-0.2, -0.15) is 0 Å². The Morgan fingerprint density at radius 2 is 1.25 bits per heavy atom. The molecule has 0 amide bonds. The van der Waals surface area contributed by atoms with Crippen LogP contribution >= 0.6 is 0 Å². The van der Waals surface area contributed by atoms with Gasteiger partial charge in [-0.15, -0.1) is 0 Å². The quantitative estimate of drug-likeness (QED) is 0.904. The van der Waals surface area contributed by atoms with E-state index in [0.29, 0.717) is 9.79 Å². The van der Waals surface area contributed by atoms with E-state index in [-0.39, 0.29) is 11.5 Å². The molecule has 4 heteroatoms. The lowest BCUT2D eigenvalue weighted by Gasteiger charge is -2.12. The van der Waals surface area contributed by atoms with E-state index >= 15 is 0 Å². The van der Waals surface area contributed by atoms with E-state index in [1.54, 1.807) is 12.1 Å². The second kappa shape index (κ2) is 6.37. The van der Waals surface area contributed by atoms with E-state index in [1.165, 1.54) is 0 Å². The first-order valence-corrected chi connectivity index (χ1v) is 8.77. The van der Waals surface area contributed by atoms with Crippen molar-refractivity contribution in [2.45, 2.75) is 36.5 Å². The van der Waals surface area contributed by atoms with Crippen molar-refractivity contribution < 1.29 is 10.2 Å². The second-order valence-electron chi connectivity index (χ2n) is 4.58. The van der Waals surface area contributed by atoms with Crippen molar-refractivity contribution in [1.82, 2.24) is 0 Å². The van der Waals surface area contributed by atoms with E-state index in [2.05, 4.69) is 13.8 Å². The summed E-state index contributed by atoms with van der Waals surface area (Å²) in [6.45, 7) is 4.12. The number of aryl methyl sites for hydroxylation is 2. The molecule has 0 saturated carbocycles. The number of rotatable bonds is 4. The molecule has 0 spiro atoms. The first kappa shape index (κ1) is 15.0. The van der Waals surface area contributed by atoms with Gasteiger partial charge in [-0.3, -0.25) is 0 Å². The monoisotopic (exact) mass is 306 g/mol. The topological polar surface area (TPSA) is 40.5 Å². The molecule has 2 aromatic carbocycles. The molecule has 2 N–H and O–H groups in total. The van der Waals surface area contributed by atoms with Crippen LogP contribution in [-0.2, 0) is 33.5 Å². The highest BCUT2D eigenvalue weighted by Gasteiger charge is 2.13. The van der Waals surface area contributed by atoms with Gasteiger partial charge in [0, 0.05) is 0 Å². The Kier molecular flexibility index (Phi) is 4.78. The minimum absolute atomic E-state index is 0.196. The minimum atomic E-state index is -0.760. The third-order valence-electron chi connectivity index (χ3n) is 3.26. The van der Waals surface area contributed by atoms with Crippen molar-refractivity contribution >= 4 is 20.6 Å². The maximum absolute atomic E-state index is 10.0. The Morgan fingerprint density at radius 1 is 0.850 bits per heavy atom. The highest BCUT2D eigenvalue weighted by atomic mass is 32.8. The molecule has 0 aliphatic rings. The number of hydrogen-bond donors (Lipinski definition) is 2. The van der Waals surface area contributed by atoms with Crippen LogP contribution in [0.25, 0.3) is 0 Å². The third kappa shape index (κ3) is 3.02. The zero-order valence-electron chi connectivity index (χ0n) is 11.6. The van der Waals surface area contributed by atoms with Gasteiger partial charge >= 0.3 is 0 Å². The summed E-state index contributed by atoms with van der Waals surface area (Å²) in [5.41, 5.74) is 2.26. The summed E-state index contributed by atoms with van der Waals surface area (Å²) in [6.07, 6.45) is 1.78. The molecule has 0 aromatic heterocycles. The predicted octanol–water partition coefficient (Wildman–Crippen LogP) is 3.72. The lowest BCUT2D eigenvalue weighted by atomic mass is 10.2. The van der Waals surface area contributed by atoms with E-state index in [9.17, 15) is 10.2 Å². The molecule has 2 nitrogen and oxygen atoms in total. The molecule has 0 aliphatic carbocycles. The van der Waals surface area contributed by atoms with Gasteiger partial charge in [-0.1, -0.05) is 35.4 Å². The number of phenols is 2. The fraction of sp³-hybridized carbons (Fsp3) is 0.250. The first-order chi connectivity index (χ1) is 9.56. The highest BCUT2D eigenvalue weighted by Crippen LogP contribution is 2.32. The van der Waals surface area contributed by atoms with Gasteiger partial charge in [0.25, 0.3) is 0 Å². The van der Waals surface area contributed by atoms with Gasteiger partial charge in [0.05, 0.1) is 9.79 Å². The summed E-state index contributed by atoms with van der Waals surface area (Å²) in [5, 5.41) is 20.1. The Labute approximate surface area is 126 Å². The average Bonchev–Trinajstić information content (AvgIpc) is 2.47. The number of benzene rings is 2. The van der Waals surface area contributed by atoms with Crippen LogP contribution in [0.2, 0.25) is 0 Å². The standard InChI is InChI=1S/C16H18O2S2/c1-3-11-5-7-13(17)15(9-11)20(19)16-10-12(4-2)6-8-14(16)18/h5-10,17-18H,3-4H2,1-2H3. The molecule has 20 heavy (non-hydrogen) atoms. The third-order valence-corrected chi connectivity index (χ3v) is 5.79. The van der Waals surface area contributed by atoms with Crippen LogP contribution in [0.4, 0.5) is 0 Å². The molecule has 0 unspecified atom stereocenters. The molecule has 0 aliphatic heterocycles. The summed E-state index contributed by atoms with van der Waals surface area (Å²) >= 11 is 5.57. The van der Waals surface area contributed by atoms with Gasteiger partial charge in [-0.05, 0) is 59.4 Å². The molecule has 2 aromatic rings. The Morgan fingerprint density at radius 3 is 1.60 bits per heavy atom. The Bertz CT molecular complexity index is 595. The van der Waals surface area contributed by atoms with Crippen LogP contribution in [0.3, 0.4) is 0 Å². The van der Waals surface area contributed by atoms with E-state index in [0.717, 1.165) is 24.0 Å². The molecular formula is C16H18O2S2. The second-order valence-corrected chi connectivity index (χ2v) is 7.00. The summed E-state index contributed by atoms with van der Waals surface area (Å²) in [6, 6.07) is 11.0. The van der Waals surface area contributed by atoms with Gasteiger partial charge in [0.1, 0.15) is 11.5 Å². The smallest absolute Gasteiger partial charge is 0.129 e. The average molecular weight is 306 g/mol. The minimum Gasteiger partial charge on any atom is -0.507 e. The molecule has 0 radical (unpaired) electrons. The van der Waals surface area contributed by atoms with Gasteiger partial charge in [-0.25, -0.2) is 0 Å². The molecule has 0 saturated heterocycles. The first-order valence-electron chi connectivity index (χ1n) is 6.62. The largest absolute Gasteiger partial charge is 0.507 e. The molecule has 0 atom stereocenters. The van der Waals surface area contributed by atoms with Crippen LogP contribution in [0.5, 0.6) is 11.5 Å². The van der Waals surface area contributed by atoms with Crippen molar-refractivity contribution in [3.05, 3.63) is 47.5 Å². The van der Waals surface area contributed by atoms with E-state index < -0.39 is 9.45 Å². The van der Waals surface area contributed by atoms with Crippen LogP contribution < -0.4 is 0 Å². The van der Waals surface area contributed by atoms with Gasteiger partial charge in [0.2, 0.25) is 0 Å². The maximum Gasteiger partial charge on any atom is 0.129 e. The van der Waals surface area contributed by atoms with Gasteiger partial charge in [0.15, 0.2) is 0 Å². The zero-order valence-corrected chi connectivity index (χ0v) is 13.2. The van der Waals surface area contributed by atoms with Crippen LogP contribution in [0.1, 0.15) is 25.0 Å². The number of phenolic OH excluding ortho intramolecular Hbond substituents is 2. The molecule has 2 rings (SSSR count). The normalized spacial score (nSPS) is 10.9. The van der Waals surface area contributed by atoms with E-state index in [4.69, 9.17) is 11.2 Å². The molecular weight excluding hydrogens is 288 g/mol. The lowest BCUT2D eigenvalue weighted by Crippen LogP contribution is -1.96. The van der Waals surface area contributed by atoms with Gasteiger partial charge < -0.3 is 10.2 Å². The van der Waals surface area contributed by atoms with Crippen molar-refractivity contribution in [1.29, 1.82) is 0 Å². The Hall–Kier alpha value is -1.39. The predicted molar refractivity (Wildman–Crippen MR) is 86.2 cm³/mol. The fourth-order valence-electron chi connectivity index (χ4n) is 1.97. The van der Waals surface area contributed by atoms with Crippen molar-refractivity contribution in [2.75, 3.05) is 0 Å². The highest BCUT2D eigenvalue weighted by molar-refractivity contribution is 8.29. The summed E-state index contributed by atoms with van der Waals surface area (Å²) in [7, 11) is -0.760. The van der Waals surface area contributed by atoms with Crippen molar-refractivity contribution in [3.63, 3.8) is 0 Å². The van der Waals surface area contributed by atoms with Crippen molar-refractivity contribution in [2.24, 2.45) is 0 Å². The Balaban J connectivity index is 2.51. The molecule has 0 fully saturated rings. The zero-order chi connectivity index (χ0) is 14.7. The van der Waals surface area contributed by atoms with Crippen LogP contribution in [0.15, 0.2) is 46.2 Å². The molecule has 0 bridgehead atoms. The summed E-state index contributed by atoms with van der Waals surface area (Å²) < 4.78 is 0. The maximum atomic E-state index is 10.0. The number of aromatic hydroxyl groups is 2. The summed E-state index contributed by atoms with van der Waals surface area (Å²) in [5.74, 6) is 0.392. The molecule has 0 heterocycles. The molecule has 106 valence electrons. The fourth-order valence-corrected chi connectivity index (χ4v) is 4.04. The SMILES string of the molecule is CCc1ccc(O)c(S(=S)c2cc(CC)ccc2O)c1. The lowest BCUT2D eigenvalue weighted by molar-refractivity contribution is 0.459. The van der Waals surface area contributed by atoms with Crippen molar-refractivity contribution in [3.8, 4) is 11.5 Å². The van der Waals surface area contributed by atoms with Crippen LogP contribution in [-0.4, -0.2) is 10.2 Å².